The average Bonchev–Trinajstić information content (AvgIpc) is 2.43. The highest BCUT2D eigenvalue weighted by Gasteiger charge is 2.34. The summed E-state index contributed by atoms with van der Waals surface area (Å²) < 4.78 is 5.25. The van der Waals surface area contributed by atoms with Crippen LogP contribution in [-0.4, -0.2) is 24.4 Å². The van der Waals surface area contributed by atoms with Crippen LogP contribution in [0.5, 0.6) is 0 Å². The van der Waals surface area contributed by atoms with Gasteiger partial charge in [0.25, 0.3) is 0 Å². The maximum absolute atomic E-state index is 9.65. The first-order chi connectivity index (χ1) is 6.29. The van der Waals surface area contributed by atoms with Gasteiger partial charge < -0.3 is 9.84 Å². The first-order valence-corrected chi connectivity index (χ1v) is 5.50. The largest absolute Gasteiger partial charge is 0.393 e. The summed E-state index contributed by atoms with van der Waals surface area (Å²) in [6, 6.07) is 0. The number of hydrogen-bond donors (Lipinski definition) is 1. The molecule has 2 fully saturated rings. The fourth-order valence-electron chi connectivity index (χ4n) is 2.78. The summed E-state index contributed by atoms with van der Waals surface area (Å²) in [7, 11) is 1.80. The van der Waals surface area contributed by atoms with Crippen LogP contribution in [0.1, 0.15) is 38.5 Å². The zero-order valence-corrected chi connectivity index (χ0v) is 8.41. The second kappa shape index (κ2) is 3.97. The van der Waals surface area contributed by atoms with Gasteiger partial charge in [-0.1, -0.05) is 6.42 Å². The molecule has 0 aromatic carbocycles. The van der Waals surface area contributed by atoms with Crippen LogP contribution in [0, 0.1) is 11.8 Å². The van der Waals surface area contributed by atoms with E-state index in [4.69, 9.17) is 4.74 Å². The normalized spacial score (nSPS) is 44.8. The molecule has 0 radical (unpaired) electrons. The van der Waals surface area contributed by atoms with Crippen molar-refractivity contribution < 1.29 is 9.84 Å². The van der Waals surface area contributed by atoms with E-state index in [1.807, 2.05) is 0 Å². The van der Waals surface area contributed by atoms with E-state index in [-0.39, 0.29) is 6.10 Å². The second-order valence-electron chi connectivity index (χ2n) is 4.69. The van der Waals surface area contributed by atoms with Gasteiger partial charge in [-0.25, -0.2) is 0 Å². The summed E-state index contributed by atoms with van der Waals surface area (Å²) in [6.07, 6.45) is 7.71. The standard InChI is InChI=1S/C11H20O2/c1-13-10-6-8(7-10)5-9-3-2-4-11(9)12/h8-12H,2-7H2,1H3. The lowest BCUT2D eigenvalue weighted by molar-refractivity contribution is -0.0138. The highest BCUT2D eigenvalue weighted by Crippen LogP contribution is 2.39. The molecule has 1 N–H and O–H groups in total. The third-order valence-electron chi connectivity index (χ3n) is 3.78. The van der Waals surface area contributed by atoms with Gasteiger partial charge in [0.15, 0.2) is 0 Å². The Morgan fingerprint density at radius 1 is 1.31 bits per heavy atom. The van der Waals surface area contributed by atoms with Crippen molar-refractivity contribution in [1.82, 2.24) is 0 Å². The first-order valence-electron chi connectivity index (χ1n) is 5.50. The highest BCUT2D eigenvalue weighted by atomic mass is 16.5. The Kier molecular flexibility index (Phi) is 2.89. The molecule has 0 saturated heterocycles. The molecule has 0 heterocycles. The second-order valence-corrected chi connectivity index (χ2v) is 4.69. The molecular weight excluding hydrogens is 164 g/mol. The van der Waals surface area contributed by atoms with Crippen LogP contribution in [0.25, 0.3) is 0 Å². The van der Waals surface area contributed by atoms with E-state index in [0.717, 1.165) is 12.3 Å². The molecule has 2 aliphatic carbocycles. The van der Waals surface area contributed by atoms with E-state index in [1.165, 1.54) is 32.1 Å². The number of ether oxygens (including phenoxy) is 1. The summed E-state index contributed by atoms with van der Waals surface area (Å²) in [4.78, 5) is 0. The smallest absolute Gasteiger partial charge is 0.0576 e. The Morgan fingerprint density at radius 2 is 2.08 bits per heavy atom. The Hall–Kier alpha value is -0.0800. The quantitative estimate of drug-likeness (QED) is 0.726. The predicted octanol–water partition coefficient (Wildman–Crippen LogP) is 1.96. The van der Waals surface area contributed by atoms with Gasteiger partial charge in [-0.3, -0.25) is 0 Å². The van der Waals surface area contributed by atoms with Gasteiger partial charge in [0.2, 0.25) is 0 Å². The van der Waals surface area contributed by atoms with Crippen molar-refractivity contribution in [2.45, 2.75) is 50.7 Å². The maximum atomic E-state index is 9.65. The molecule has 2 nitrogen and oxygen atoms in total. The van der Waals surface area contributed by atoms with Crippen molar-refractivity contribution in [1.29, 1.82) is 0 Å². The van der Waals surface area contributed by atoms with Gasteiger partial charge in [0.1, 0.15) is 0 Å². The average molecular weight is 184 g/mol. The highest BCUT2D eigenvalue weighted by molar-refractivity contribution is 4.85. The van der Waals surface area contributed by atoms with Crippen LogP contribution in [0.15, 0.2) is 0 Å². The van der Waals surface area contributed by atoms with E-state index >= 15 is 0 Å². The van der Waals surface area contributed by atoms with E-state index < -0.39 is 0 Å². The third kappa shape index (κ3) is 2.05. The van der Waals surface area contributed by atoms with Crippen molar-refractivity contribution in [2.75, 3.05) is 7.11 Å². The zero-order valence-electron chi connectivity index (χ0n) is 8.41. The number of methoxy groups -OCH3 is 1. The fraction of sp³-hybridized carbons (Fsp3) is 1.00. The Morgan fingerprint density at radius 3 is 2.62 bits per heavy atom. The SMILES string of the molecule is COC1CC(CC2CCCC2O)C1. The maximum Gasteiger partial charge on any atom is 0.0576 e. The molecule has 13 heavy (non-hydrogen) atoms. The lowest BCUT2D eigenvalue weighted by Crippen LogP contribution is -2.32. The third-order valence-corrected chi connectivity index (χ3v) is 3.78. The Bertz CT molecular complexity index is 163. The van der Waals surface area contributed by atoms with Gasteiger partial charge in [0, 0.05) is 7.11 Å². The van der Waals surface area contributed by atoms with Gasteiger partial charge in [-0.05, 0) is 43.9 Å². The molecule has 0 spiro atoms. The van der Waals surface area contributed by atoms with E-state index in [2.05, 4.69) is 0 Å². The van der Waals surface area contributed by atoms with E-state index in [9.17, 15) is 5.11 Å². The molecule has 0 bridgehead atoms. The van der Waals surface area contributed by atoms with Gasteiger partial charge >= 0.3 is 0 Å². The first kappa shape index (κ1) is 9.47. The molecule has 2 aliphatic rings. The van der Waals surface area contributed by atoms with Crippen molar-refractivity contribution in [3.8, 4) is 0 Å². The van der Waals surface area contributed by atoms with Crippen LogP contribution in [0.2, 0.25) is 0 Å². The summed E-state index contributed by atoms with van der Waals surface area (Å²) in [5.74, 6) is 1.44. The van der Waals surface area contributed by atoms with E-state index in [1.54, 1.807) is 7.11 Å². The van der Waals surface area contributed by atoms with Gasteiger partial charge in [0.05, 0.1) is 12.2 Å². The molecule has 0 aromatic heterocycles. The monoisotopic (exact) mass is 184 g/mol. The lowest BCUT2D eigenvalue weighted by Gasteiger charge is -2.36. The van der Waals surface area contributed by atoms with E-state index in [0.29, 0.717) is 12.0 Å². The Balaban J connectivity index is 1.68. The van der Waals surface area contributed by atoms with Crippen LogP contribution < -0.4 is 0 Å². The van der Waals surface area contributed by atoms with Crippen molar-refractivity contribution in [2.24, 2.45) is 11.8 Å². The van der Waals surface area contributed by atoms with Gasteiger partial charge in [-0.2, -0.15) is 0 Å². The van der Waals surface area contributed by atoms with Crippen molar-refractivity contribution in [3.05, 3.63) is 0 Å². The topological polar surface area (TPSA) is 29.5 Å². The van der Waals surface area contributed by atoms with Crippen molar-refractivity contribution >= 4 is 0 Å². The molecule has 0 aliphatic heterocycles. The molecule has 0 amide bonds. The number of aliphatic hydroxyl groups excluding tert-OH is 1. The molecule has 76 valence electrons. The van der Waals surface area contributed by atoms with Gasteiger partial charge in [-0.15, -0.1) is 0 Å². The van der Waals surface area contributed by atoms with Crippen LogP contribution >= 0.6 is 0 Å². The fourth-order valence-corrected chi connectivity index (χ4v) is 2.78. The molecule has 2 rings (SSSR count). The summed E-state index contributed by atoms with van der Waals surface area (Å²) in [5.41, 5.74) is 0. The lowest BCUT2D eigenvalue weighted by atomic mass is 9.76. The Labute approximate surface area is 80.3 Å². The number of rotatable bonds is 3. The minimum Gasteiger partial charge on any atom is -0.393 e. The van der Waals surface area contributed by atoms with Crippen LogP contribution in [0.3, 0.4) is 0 Å². The molecule has 2 unspecified atom stereocenters. The molecule has 0 aromatic rings. The predicted molar refractivity (Wildman–Crippen MR) is 51.5 cm³/mol. The molecular formula is C11H20O2. The zero-order chi connectivity index (χ0) is 9.26. The van der Waals surface area contributed by atoms with Crippen LogP contribution in [0.4, 0.5) is 0 Å². The number of hydrogen-bond acceptors (Lipinski definition) is 2. The van der Waals surface area contributed by atoms with Crippen LogP contribution in [-0.2, 0) is 4.74 Å². The summed E-state index contributed by atoms with van der Waals surface area (Å²) in [6.45, 7) is 0. The minimum atomic E-state index is 0.00148. The molecule has 2 saturated carbocycles. The summed E-state index contributed by atoms with van der Waals surface area (Å²) >= 11 is 0. The minimum absolute atomic E-state index is 0.00148. The molecule has 2 atom stereocenters. The van der Waals surface area contributed by atoms with Crippen molar-refractivity contribution in [3.63, 3.8) is 0 Å². The summed E-state index contributed by atoms with van der Waals surface area (Å²) in [5, 5.41) is 9.65. The number of aliphatic hydroxyl groups is 1. The molecule has 2 heteroatoms.